The number of methoxy groups -OCH3 is 6. The Balaban J connectivity index is 0.000000163. The van der Waals surface area contributed by atoms with Crippen molar-refractivity contribution in [2.24, 2.45) is 0 Å². The normalized spacial score (nSPS) is 10.2. The average molecular weight is 1340 g/mol. The number of nitrogens with zero attached hydrogens (tertiary/aromatic N) is 6. The van der Waals surface area contributed by atoms with Gasteiger partial charge in [-0.25, -0.2) is 4.98 Å². The van der Waals surface area contributed by atoms with Crippen molar-refractivity contribution in [3.8, 4) is 102 Å². The van der Waals surface area contributed by atoms with Gasteiger partial charge >= 0.3 is 0 Å². The fraction of sp³-hybridized carbons (Fsp3) is 0.185. The monoisotopic (exact) mass is 1340 g/mol. The summed E-state index contributed by atoms with van der Waals surface area (Å²) in [5.41, 5.74) is 22.1. The SMILES string of the molecule is COc1ccc(-c2cc(Cl)ccn2)cc1C.COc1ccc(-c2ccc(Cl)cn2)cc1C.COc1ccc(-c2cccc(C)n2)cc1C.COc1ccc(-c2cccc(C)n2)cc1C.COc1ccc(-c2cccc(Cl)n2)cc1C.COc1ccc(-c2ncccc2C)cc1C. The Morgan fingerprint density at radius 2 is 0.625 bits per heavy atom. The maximum atomic E-state index is 5.93. The van der Waals surface area contributed by atoms with E-state index in [4.69, 9.17) is 63.2 Å². The summed E-state index contributed by atoms with van der Waals surface area (Å²) >= 11 is 17.6. The molecule has 0 fully saturated rings. The minimum Gasteiger partial charge on any atom is -0.496 e. The molecule has 0 spiro atoms. The van der Waals surface area contributed by atoms with Gasteiger partial charge in [0.2, 0.25) is 0 Å². The lowest BCUT2D eigenvalue weighted by Crippen LogP contribution is -1.90. The molecule has 0 saturated carbocycles. The fourth-order valence-electron chi connectivity index (χ4n) is 10.1. The minimum absolute atomic E-state index is 0.506. The maximum absolute atomic E-state index is 5.93. The summed E-state index contributed by atoms with van der Waals surface area (Å²) in [6, 6.07) is 65.3. The summed E-state index contributed by atoms with van der Waals surface area (Å²) in [6.07, 6.45) is 5.18. The van der Waals surface area contributed by atoms with Crippen molar-refractivity contribution in [1.82, 2.24) is 29.9 Å². The Morgan fingerprint density at radius 3 is 0.969 bits per heavy atom. The number of aromatic nitrogens is 6. The van der Waals surface area contributed by atoms with Gasteiger partial charge in [0, 0.05) is 68.4 Å². The van der Waals surface area contributed by atoms with Crippen molar-refractivity contribution in [2.45, 2.75) is 62.3 Å². The topological polar surface area (TPSA) is 133 Å². The van der Waals surface area contributed by atoms with Crippen LogP contribution in [0, 0.1) is 62.3 Å². The third-order valence-corrected chi connectivity index (χ3v) is 15.7. The molecule has 15 heteroatoms. The van der Waals surface area contributed by atoms with E-state index in [-0.39, 0.29) is 0 Å². The molecule has 0 saturated heterocycles. The highest BCUT2D eigenvalue weighted by Gasteiger charge is 2.10. The van der Waals surface area contributed by atoms with E-state index in [1.807, 2.05) is 219 Å². The molecule has 0 N–H and O–H groups in total. The molecule has 0 radical (unpaired) electrons. The smallest absolute Gasteiger partial charge is 0.129 e. The van der Waals surface area contributed by atoms with Crippen molar-refractivity contribution >= 4 is 34.8 Å². The number of pyridine rings is 6. The van der Waals surface area contributed by atoms with Crippen LogP contribution >= 0.6 is 34.8 Å². The van der Waals surface area contributed by atoms with Crippen LogP contribution in [-0.4, -0.2) is 72.6 Å². The van der Waals surface area contributed by atoms with Gasteiger partial charge < -0.3 is 28.4 Å². The van der Waals surface area contributed by atoms with Crippen molar-refractivity contribution in [3.05, 3.63) is 284 Å². The Labute approximate surface area is 580 Å². The van der Waals surface area contributed by atoms with Crippen molar-refractivity contribution in [1.29, 1.82) is 0 Å². The van der Waals surface area contributed by atoms with Gasteiger partial charge in [-0.15, -0.1) is 0 Å². The molecule has 0 bridgehead atoms. The van der Waals surface area contributed by atoms with E-state index >= 15 is 0 Å². The Morgan fingerprint density at radius 1 is 0.260 bits per heavy atom. The summed E-state index contributed by atoms with van der Waals surface area (Å²) in [4.78, 5) is 26.2. The summed E-state index contributed by atoms with van der Waals surface area (Å²) in [5, 5.41) is 1.85. The van der Waals surface area contributed by atoms with Crippen molar-refractivity contribution < 1.29 is 28.4 Å². The number of aryl methyl sites for hydroxylation is 9. The lowest BCUT2D eigenvalue weighted by molar-refractivity contribution is 0.411. The molecule has 0 atom stereocenters. The third-order valence-electron chi connectivity index (χ3n) is 15.1. The Hall–Kier alpha value is -10.1. The van der Waals surface area contributed by atoms with E-state index in [1.54, 1.807) is 67.2 Å². The molecule has 0 aliphatic carbocycles. The summed E-state index contributed by atoms with van der Waals surface area (Å²) in [6.45, 7) is 18.2. The first-order chi connectivity index (χ1) is 46.2. The minimum atomic E-state index is 0.506. The second-order valence-electron chi connectivity index (χ2n) is 22.2. The largest absolute Gasteiger partial charge is 0.496 e. The van der Waals surface area contributed by atoms with E-state index in [1.165, 1.54) is 5.56 Å². The van der Waals surface area contributed by atoms with Gasteiger partial charge in [0.25, 0.3) is 0 Å². The molecule has 6 aromatic heterocycles. The first-order valence-corrected chi connectivity index (χ1v) is 31.9. The number of benzene rings is 6. The van der Waals surface area contributed by atoms with Crippen LogP contribution in [0.1, 0.15) is 50.3 Å². The summed E-state index contributed by atoms with van der Waals surface area (Å²) < 4.78 is 31.4. The summed E-state index contributed by atoms with van der Waals surface area (Å²) in [5.74, 6) is 5.39. The number of halogens is 3. The highest BCUT2D eigenvalue weighted by Crippen LogP contribution is 2.32. The average Bonchev–Trinajstić information content (AvgIpc) is 0.964. The molecule has 12 aromatic rings. The van der Waals surface area contributed by atoms with Crippen LogP contribution in [0.3, 0.4) is 0 Å². The van der Waals surface area contributed by atoms with Gasteiger partial charge in [-0.05, 0) is 277 Å². The van der Waals surface area contributed by atoms with Crippen LogP contribution in [0.15, 0.2) is 219 Å². The summed E-state index contributed by atoms with van der Waals surface area (Å²) in [7, 11) is 10.1. The highest BCUT2D eigenvalue weighted by molar-refractivity contribution is 6.31. The van der Waals surface area contributed by atoms with Crippen LogP contribution in [0.25, 0.3) is 67.5 Å². The van der Waals surface area contributed by atoms with E-state index in [9.17, 15) is 0 Å². The molecule has 12 nitrogen and oxygen atoms in total. The zero-order valence-electron chi connectivity index (χ0n) is 57.1. The first-order valence-electron chi connectivity index (χ1n) is 30.8. The molecule has 0 aliphatic heterocycles. The number of rotatable bonds is 12. The van der Waals surface area contributed by atoms with Gasteiger partial charge in [0.15, 0.2) is 0 Å². The number of hydrogen-bond donors (Lipinski definition) is 0. The molecular formula is C81H81Cl3N6O6. The quantitative estimate of drug-likeness (QED) is 0.108. The van der Waals surface area contributed by atoms with Crippen molar-refractivity contribution in [2.75, 3.05) is 42.7 Å². The zero-order valence-corrected chi connectivity index (χ0v) is 59.3. The van der Waals surface area contributed by atoms with Crippen LogP contribution in [0.4, 0.5) is 0 Å². The van der Waals surface area contributed by atoms with Gasteiger partial charge in [-0.1, -0.05) is 59.1 Å². The van der Waals surface area contributed by atoms with E-state index < -0.39 is 0 Å². The van der Waals surface area contributed by atoms with Crippen molar-refractivity contribution in [3.63, 3.8) is 0 Å². The molecular weight excluding hydrogens is 1260 g/mol. The van der Waals surface area contributed by atoms with Crippen LogP contribution in [0.2, 0.25) is 15.2 Å². The Kier molecular flexibility index (Phi) is 27.9. The molecule has 0 aliphatic rings. The second kappa shape index (κ2) is 36.5. The molecule has 6 heterocycles. The maximum Gasteiger partial charge on any atom is 0.129 e. The van der Waals surface area contributed by atoms with Crippen LogP contribution < -0.4 is 28.4 Å². The fourth-order valence-corrected chi connectivity index (χ4v) is 10.5. The molecule has 12 rings (SSSR count). The van der Waals surface area contributed by atoms with Crippen LogP contribution in [-0.2, 0) is 0 Å². The standard InChI is InChI=1S/3C14H15NO.3C13H12ClNO/c1-10-5-4-8-15-14(10)12-6-7-13(16-3)11(2)9-12;2*1-10-9-12(7-8-14(10)16-3)13-6-4-5-11(2)15-13;1-9-7-10(3-6-13(9)16-2)12-5-4-11(14)8-15-12;1-9-7-10(3-4-13(9)16-2)12-8-11(14)5-6-15-12;1-9-8-10(6-7-12(9)16-2)11-4-3-5-13(14)15-11/h3*4-9H,1-3H3;3*3-8H,1-2H3. The van der Waals surface area contributed by atoms with Gasteiger partial charge in [-0.3, -0.25) is 24.9 Å². The molecule has 96 heavy (non-hydrogen) atoms. The van der Waals surface area contributed by atoms with E-state index in [0.29, 0.717) is 15.2 Å². The zero-order chi connectivity index (χ0) is 69.3. The third kappa shape index (κ3) is 21.2. The second-order valence-corrected chi connectivity index (χ2v) is 23.4. The predicted molar refractivity (Wildman–Crippen MR) is 395 cm³/mol. The van der Waals surface area contributed by atoms with Crippen LogP contribution in [0.5, 0.6) is 34.5 Å². The van der Waals surface area contributed by atoms with Gasteiger partial charge in [0.1, 0.15) is 39.7 Å². The number of ether oxygens (including phenoxy) is 6. The molecule has 0 amide bonds. The molecule has 6 aromatic carbocycles. The first kappa shape index (κ1) is 73.3. The number of hydrogen-bond acceptors (Lipinski definition) is 12. The van der Waals surface area contributed by atoms with Gasteiger partial charge in [-0.2, -0.15) is 0 Å². The van der Waals surface area contributed by atoms with Gasteiger partial charge in [0.05, 0.1) is 81.8 Å². The van der Waals surface area contributed by atoms with E-state index in [2.05, 4.69) is 67.2 Å². The lowest BCUT2D eigenvalue weighted by atomic mass is 10.0. The van der Waals surface area contributed by atoms with E-state index in [0.717, 1.165) is 147 Å². The highest BCUT2D eigenvalue weighted by atomic mass is 35.5. The molecule has 0 unspecified atom stereocenters. The molecule has 492 valence electrons. The Bertz CT molecular complexity index is 4130. The predicted octanol–water partition coefficient (Wildman–Crippen LogP) is 21.3. The lowest BCUT2D eigenvalue weighted by Gasteiger charge is -2.08.